The number of nitrogens with zero attached hydrogens (tertiary/aromatic N) is 2. The van der Waals surface area contributed by atoms with E-state index in [4.69, 9.17) is 0 Å². The largest absolute Gasteiger partial charge is 0.311 e. The third-order valence-corrected chi connectivity index (χ3v) is 6.68. The van der Waals surface area contributed by atoms with Gasteiger partial charge in [-0.1, -0.05) is 50.3 Å². The molecule has 4 rings (SSSR count). The number of rotatable bonds is 4. The molecule has 2 amide bonds. The number of benzene rings is 1. The van der Waals surface area contributed by atoms with Crippen LogP contribution in [0.15, 0.2) is 24.3 Å². The molecule has 0 saturated carbocycles. The number of nitrogens with one attached hydrogen (secondary N) is 1. The number of hydrogen-bond acceptors (Lipinski definition) is 5. The quantitative estimate of drug-likeness (QED) is 0.829. The number of ketones is 1. The number of Topliss-reactive ketones (excluding diaryl/α,β-unsaturated/α-hetero) is 1. The molecule has 1 aliphatic heterocycles. The summed E-state index contributed by atoms with van der Waals surface area (Å²) in [5.74, 6) is -0.595. The fraction of sp³-hybridized carbons (Fsp3) is 0.455. The number of aryl methyl sites for hydroxylation is 1. The van der Waals surface area contributed by atoms with Gasteiger partial charge in [-0.15, -0.1) is 0 Å². The average Bonchev–Trinajstić information content (AvgIpc) is 3.24. The van der Waals surface area contributed by atoms with Gasteiger partial charge < -0.3 is 10.2 Å². The zero-order valence-electron chi connectivity index (χ0n) is 16.9. The van der Waals surface area contributed by atoms with E-state index in [1.807, 2.05) is 24.3 Å². The molecular formula is C22H25N3O3S. The minimum Gasteiger partial charge on any atom is -0.311 e. The van der Waals surface area contributed by atoms with Crippen LogP contribution in [0.4, 0.5) is 10.8 Å². The van der Waals surface area contributed by atoms with Crippen LogP contribution < -0.4 is 10.2 Å². The van der Waals surface area contributed by atoms with Crippen LogP contribution in [0.5, 0.6) is 0 Å². The highest BCUT2D eigenvalue weighted by atomic mass is 32.1. The van der Waals surface area contributed by atoms with Gasteiger partial charge in [0, 0.05) is 25.1 Å². The maximum Gasteiger partial charge on any atom is 0.231 e. The van der Waals surface area contributed by atoms with Crippen molar-refractivity contribution in [3.63, 3.8) is 0 Å². The minimum atomic E-state index is -0.430. The predicted molar refractivity (Wildman–Crippen MR) is 113 cm³/mol. The van der Waals surface area contributed by atoms with E-state index >= 15 is 0 Å². The Morgan fingerprint density at radius 1 is 1.28 bits per heavy atom. The maximum atomic E-state index is 12.8. The van der Waals surface area contributed by atoms with Crippen LogP contribution in [0, 0.1) is 11.3 Å². The van der Waals surface area contributed by atoms with Gasteiger partial charge in [-0.05, 0) is 29.9 Å². The van der Waals surface area contributed by atoms with E-state index < -0.39 is 5.92 Å². The van der Waals surface area contributed by atoms with Gasteiger partial charge in [-0.3, -0.25) is 14.4 Å². The van der Waals surface area contributed by atoms with Gasteiger partial charge in [0.15, 0.2) is 10.9 Å². The van der Waals surface area contributed by atoms with Crippen LogP contribution in [0.1, 0.15) is 54.5 Å². The first-order chi connectivity index (χ1) is 13.8. The second-order valence-electron chi connectivity index (χ2n) is 8.61. The van der Waals surface area contributed by atoms with Crippen molar-refractivity contribution in [3.05, 3.63) is 40.4 Å². The number of carbonyl (C=O) groups excluding carboxylic acids is 3. The van der Waals surface area contributed by atoms with Crippen molar-refractivity contribution in [2.75, 3.05) is 16.8 Å². The fourth-order valence-corrected chi connectivity index (χ4v) is 5.09. The van der Waals surface area contributed by atoms with Crippen molar-refractivity contribution in [2.45, 2.75) is 46.5 Å². The molecule has 1 saturated heterocycles. The molecule has 1 aliphatic carbocycles. The molecule has 1 unspecified atom stereocenters. The molecule has 152 valence electrons. The van der Waals surface area contributed by atoms with E-state index in [1.54, 1.807) is 4.90 Å². The fourth-order valence-electron chi connectivity index (χ4n) is 4.17. The number of anilines is 2. The average molecular weight is 412 g/mol. The van der Waals surface area contributed by atoms with E-state index in [-0.39, 0.29) is 29.4 Å². The summed E-state index contributed by atoms with van der Waals surface area (Å²) in [5, 5.41) is 3.30. The first-order valence-corrected chi connectivity index (χ1v) is 10.8. The second kappa shape index (κ2) is 7.37. The number of para-hydroxylation sites is 1. The number of hydrogen-bond donors (Lipinski definition) is 1. The summed E-state index contributed by atoms with van der Waals surface area (Å²) in [4.78, 5) is 44.6. The number of aromatic nitrogens is 1. The number of amides is 2. The summed E-state index contributed by atoms with van der Waals surface area (Å²) in [6.45, 7) is 6.52. The van der Waals surface area contributed by atoms with Gasteiger partial charge in [-0.2, -0.15) is 0 Å². The van der Waals surface area contributed by atoms with Crippen LogP contribution in [-0.2, 0) is 22.4 Å². The Balaban J connectivity index is 1.48. The van der Waals surface area contributed by atoms with Crippen LogP contribution in [0.2, 0.25) is 0 Å². The molecule has 2 aliphatic rings. The van der Waals surface area contributed by atoms with Crippen molar-refractivity contribution in [1.82, 2.24) is 4.98 Å². The molecule has 2 heterocycles. The highest BCUT2D eigenvalue weighted by molar-refractivity contribution is 7.17. The lowest BCUT2D eigenvalue weighted by Crippen LogP contribution is -2.28. The topological polar surface area (TPSA) is 79.4 Å². The molecule has 1 N–H and O–H groups in total. The smallest absolute Gasteiger partial charge is 0.231 e. The van der Waals surface area contributed by atoms with E-state index in [2.05, 4.69) is 31.1 Å². The zero-order chi connectivity index (χ0) is 20.8. The second-order valence-corrected chi connectivity index (χ2v) is 9.61. The van der Waals surface area contributed by atoms with Crippen LogP contribution in [0.3, 0.4) is 0 Å². The summed E-state index contributed by atoms with van der Waals surface area (Å²) in [6.07, 6.45) is 2.23. The van der Waals surface area contributed by atoms with Gasteiger partial charge in [0.25, 0.3) is 0 Å². The summed E-state index contributed by atoms with van der Waals surface area (Å²) in [5.41, 5.74) is 2.64. The van der Waals surface area contributed by atoms with Crippen molar-refractivity contribution < 1.29 is 14.4 Å². The standard InChI is InChI=1S/C22H25N3O3S/c1-4-13-7-5-6-8-16(13)25-12-14(9-18(25)27)20(28)24-21-23-15-10-22(2,3)11-17(26)19(15)29-21/h5-8,14H,4,9-12H2,1-3H3,(H,23,24,28). The van der Waals surface area contributed by atoms with Gasteiger partial charge in [0.05, 0.1) is 16.5 Å². The van der Waals surface area contributed by atoms with Crippen molar-refractivity contribution >= 4 is 39.8 Å². The van der Waals surface area contributed by atoms with Crippen molar-refractivity contribution in [2.24, 2.45) is 11.3 Å². The summed E-state index contributed by atoms with van der Waals surface area (Å²) in [6, 6.07) is 7.81. The Hall–Kier alpha value is -2.54. The molecule has 2 aromatic rings. The predicted octanol–water partition coefficient (Wildman–Crippen LogP) is 3.85. The Kier molecular flexibility index (Phi) is 5.02. The summed E-state index contributed by atoms with van der Waals surface area (Å²) in [7, 11) is 0. The van der Waals surface area contributed by atoms with E-state index in [9.17, 15) is 14.4 Å². The zero-order valence-corrected chi connectivity index (χ0v) is 17.8. The lowest BCUT2D eigenvalue weighted by molar-refractivity contribution is -0.122. The number of carbonyl (C=O) groups is 3. The SMILES string of the molecule is CCc1ccccc1N1CC(C(=O)Nc2nc3c(s2)C(=O)CC(C)(C)C3)CC1=O. The van der Waals surface area contributed by atoms with E-state index in [0.29, 0.717) is 23.0 Å². The van der Waals surface area contributed by atoms with Crippen LogP contribution in [0.25, 0.3) is 0 Å². The third-order valence-electron chi connectivity index (χ3n) is 5.62. The normalized spacial score (nSPS) is 20.7. The molecule has 7 heteroatoms. The minimum absolute atomic E-state index is 0.0404. The monoisotopic (exact) mass is 411 g/mol. The maximum absolute atomic E-state index is 12.8. The Bertz CT molecular complexity index is 995. The molecule has 0 spiro atoms. The Morgan fingerprint density at radius 3 is 2.79 bits per heavy atom. The lowest BCUT2D eigenvalue weighted by atomic mass is 9.78. The molecule has 29 heavy (non-hydrogen) atoms. The van der Waals surface area contributed by atoms with Crippen LogP contribution in [-0.4, -0.2) is 29.1 Å². The molecule has 1 atom stereocenters. The van der Waals surface area contributed by atoms with Gasteiger partial charge in [0.1, 0.15) is 0 Å². The first kappa shape index (κ1) is 19.8. The number of thiazole rings is 1. The van der Waals surface area contributed by atoms with Crippen molar-refractivity contribution in [3.8, 4) is 0 Å². The highest BCUT2D eigenvalue weighted by Crippen LogP contribution is 2.38. The first-order valence-electron chi connectivity index (χ1n) is 9.99. The summed E-state index contributed by atoms with van der Waals surface area (Å²) >= 11 is 1.24. The number of fused-ring (bicyclic) bond motifs is 1. The van der Waals surface area contributed by atoms with Crippen molar-refractivity contribution in [1.29, 1.82) is 0 Å². The Morgan fingerprint density at radius 2 is 2.03 bits per heavy atom. The lowest BCUT2D eigenvalue weighted by Gasteiger charge is -2.26. The van der Waals surface area contributed by atoms with Crippen LogP contribution >= 0.6 is 11.3 Å². The molecule has 0 radical (unpaired) electrons. The molecule has 1 fully saturated rings. The highest BCUT2D eigenvalue weighted by Gasteiger charge is 2.37. The molecule has 1 aromatic carbocycles. The molecule has 6 nitrogen and oxygen atoms in total. The molecular weight excluding hydrogens is 386 g/mol. The summed E-state index contributed by atoms with van der Waals surface area (Å²) < 4.78 is 0. The van der Waals surface area contributed by atoms with Gasteiger partial charge in [0.2, 0.25) is 11.8 Å². The van der Waals surface area contributed by atoms with E-state index in [1.165, 1.54) is 11.3 Å². The van der Waals surface area contributed by atoms with Gasteiger partial charge >= 0.3 is 0 Å². The van der Waals surface area contributed by atoms with E-state index in [0.717, 1.165) is 29.8 Å². The third kappa shape index (κ3) is 3.83. The molecule has 0 bridgehead atoms. The van der Waals surface area contributed by atoms with Gasteiger partial charge in [-0.25, -0.2) is 4.98 Å². The Labute approximate surface area is 174 Å². The molecule has 1 aromatic heterocycles.